The molecule has 1 heterocycles. The van der Waals surface area contributed by atoms with E-state index >= 15 is 0 Å². The molecule has 0 aromatic rings. The van der Waals surface area contributed by atoms with Gasteiger partial charge in [-0.15, -0.1) is 7.92 Å². The normalized spacial score (nSPS) is 3.61. The third-order valence-corrected chi connectivity index (χ3v) is 3.13. The summed E-state index contributed by atoms with van der Waals surface area (Å²) in [6.07, 6.45) is 2.66. The summed E-state index contributed by atoms with van der Waals surface area (Å²) in [7, 11) is 0.383. The summed E-state index contributed by atoms with van der Waals surface area (Å²) in [6, 6.07) is 0. The van der Waals surface area contributed by atoms with Crippen molar-refractivity contribution in [1.29, 1.82) is 0 Å². The van der Waals surface area contributed by atoms with Crippen molar-refractivity contribution in [2.24, 2.45) is 0 Å². The largest absolute Gasteiger partial charge is 1.00 e. The zero-order valence-corrected chi connectivity index (χ0v) is 54.5. The Morgan fingerprint density at radius 1 is 0.224 bits per heavy atom. The average molecular weight is 1770 g/mol. The fourth-order valence-corrected chi connectivity index (χ4v) is 1.76. The minimum atomic E-state index is 0. The first-order valence-electron chi connectivity index (χ1n) is 2.66. The molecule has 0 unspecified atom stereocenters. The van der Waals surface area contributed by atoms with E-state index in [9.17, 15) is 0 Å². The summed E-state index contributed by atoms with van der Waals surface area (Å²) in [5.41, 5.74) is 0. The Hall–Kier alpha value is 13.0. The molecule has 1 aliphatic heterocycles. The molecule has 0 aromatic heterocycles. The zero-order valence-electron chi connectivity index (χ0n) is 20.5. The molecule has 0 bridgehead atoms. The van der Waals surface area contributed by atoms with E-state index in [0.717, 1.165) is 13.2 Å². The molecule has 0 radical (unpaired) electrons. The Morgan fingerprint density at radius 3 is 0.347 bits per heavy atom. The fourth-order valence-electron chi connectivity index (χ4n) is 0.655. The molecule has 1 rings (SSSR count). The average Bonchev–Trinajstić information content (AvgIpc) is 1.69. The van der Waals surface area contributed by atoms with Gasteiger partial charge in [-0.05, 0) is 19.0 Å². The molecule has 49 heavy (non-hydrogen) atoms. The van der Waals surface area contributed by atoms with Gasteiger partial charge < -0.3 is 513 Å². The molecule has 0 atom stereocenters. The van der Waals surface area contributed by atoms with E-state index in [1.54, 1.807) is 0 Å². The van der Waals surface area contributed by atoms with Crippen LogP contribution in [0.1, 0.15) is 0 Å². The Bertz CT molecular complexity index is 85.9. The van der Waals surface area contributed by atoms with E-state index in [-0.39, 0.29) is 531 Å². The predicted octanol–water partition coefficient (Wildman–Crippen LogP) is -122. The van der Waals surface area contributed by atoms with Gasteiger partial charge in [0.05, 0.1) is 13.2 Å². The standard InChI is InChI=1S/C5H11OP.Au.41ClH/c1-7-4-2-6-3-5-7;;;;;;;;;;;;;;;;;;;;;;;;;;;;;;;;;;;;;;;;;;/h2-5H2,1H3;;41*1H/q;+1;;;;;;;;;;;;;;;;;;;;;;;;;;;;;;;;;;;;;;;;;/p-41. The second-order valence-corrected chi connectivity index (χ2v) is 4.52. The van der Waals surface area contributed by atoms with E-state index in [2.05, 4.69) is 6.66 Å². The minimum absolute atomic E-state index is 0. The first-order valence-corrected chi connectivity index (χ1v) is 4.82. The van der Waals surface area contributed by atoms with Crippen LogP contribution in [0.25, 0.3) is 0 Å². The van der Waals surface area contributed by atoms with Gasteiger partial charge in [0.2, 0.25) is 0 Å². The van der Waals surface area contributed by atoms with Gasteiger partial charge >= 0.3 is 22.4 Å². The van der Waals surface area contributed by atoms with Gasteiger partial charge in [-0.3, -0.25) is 0 Å². The van der Waals surface area contributed by atoms with Gasteiger partial charge in [0, 0.05) is 0 Å². The van der Waals surface area contributed by atoms with Crippen LogP contribution in [-0.2, 0) is 27.1 Å². The molecular weight excluding hydrogens is 1760 g/mol. The van der Waals surface area contributed by atoms with Crippen LogP contribution in [0.4, 0.5) is 0 Å². The van der Waals surface area contributed by atoms with E-state index in [1.165, 1.54) is 12.3 Å². The van der Waals surface area contributed by atoms with E-state index in [4.69, 9.17) is 4.74 Å². The fraction of sp³-hybridized carbons (Fsp3) is 1.00. The third kappa shape index (κ3) is 481. The minimum Gasteiger partial charge on any atom is -1.00 e. The zero-order chi connectivity index (χ0) is 5.11. The summed E-state index contributed by atoms with van der Waals surface area (Å²) in [5.74, 6) is 0. The van der Waals surface area contributed by atoms with Crippen LogP contribution in [0.5, 0.6) is 0 Å². The van der Waals surface area contributed by atoms with Crippen LogP contribution in [0.3, 0.4) is 0 Å². The predicted molar refractivity (Wildman–Crippen MR) is 33.4 cm³/mol. The summed E-state index contributed by atoms with van der Waals surface area (Å²) in [4.78, 5) is 0. The van der Waals surface area contributed by atoms with Gasteiger partial charge in [-0.1, -0.05) is 0 Å². The molecule has 0 amide bonds. The Balaban J connectivity index is -0.000000000292. The molecule has 0 aliphatic carbocycles. The monoisotopic (exact) mass is 1750 g/mol. The van der Waals surface area contributed by atoms with Crippen LogP contribution >= 0.6 is 7.92 Å². The van der Waals surface area contributed by atoms with Crippen molar-refractivity contribution in [3.05, 3.63) is 0 Å². The number of hydrogen-bond donors (Lipinski definition) is 0. The number of halogens is 41. The Kier molecular flexibility index (Phi) is 5850. The third-order valence-electron chi connectivity index (χ3n) is 1.23. The van der Waals surface area contributed by atoms with Crippen LogP contribution in [0.15, 0.2) is 0 Å². The molecule has 1 aliphatic rings. The maximum atomic E-state index is 5.16. The van der Waals surface area contributed by atoms with Crippen molar-refractivity contribution in [3.8, 4) is 0 Å². The molecular formula is C5H11AuCl41OP-40. The molecule has 44 heteroatoms. The van der Waals surface area contributed by atoms with Gasteiger partial charge in [-0.25, -0.2) is 0 Å². The van der Waals surface area contributed by atoms with Crippen molar-refractivity contribution in [2.75, 3.05) is 32.2 Å². The molecule has 0 saturated carbocycles. The van der Waals surface area contributed by atoms with Crippen LogP contribution in [0.2, 0.25) is 0 Å². The van der Waals surface area contributed by atoms with Gasteiger partial charge in [-0.2, -0.15) is 0 Å². The SMILES string of the molecule is CP1CCOCC1.[Au+].[Cl-].[Cl-].[Cl-].[Cl-].[Cl-].[Cl-].[Cl-].[Cl-].[Cl-].[Cl-].[Cl-].[Cl-].[Cl-].[Cl-].[Cl-].[Cl-].[Cl-].[Cl-].[Cl-].[Cl-].[Cl-].[Cl-].[Cl-].[Cl-].[Cl-].[Cl-].[Cl-].[Cl-].[Cl-].[Cl-].[Cl-].[Cl-].[Cl-].[Cl-].[Cl-].[Cl-].[Cl-].[Cl-].[Cl-].[Cl-].[Cl-]. The maximum Gasteiger partial charge on any atom is 1.00 e. The summed E-state index contributed by atoms with van der Waals surface area (Å²) >= 11 is 0. The maximum absolute atomic E-state index is 5.16. The summed E-state index contributed by atoms with van der Waals surface area (Å²) in [6.45, 7) is 4.38. The Labute approximate surface area is 566 Å². The van der Waals surface area contributed by atoms with Gasteiger partial charge in [0.25, 0.3) is 0 Å². The summed E-state index contributed by atoms with van der Waals surface area (Å²) < 4.78 is 5.16. The number of hydrogen-bond acceptors (Lipinski definition) is 1. The van der Waals surface area contributed by atoms with Gasteiger partial charge in [0.1, 0.15) is 0 Å². The number of ether oxygens (including phenoxy) is 1. The van der Waals surface area contributed by atoms with Crippen LogP contribution in [-0.4, -0.2) is 32.2 Å². The smallest absolute Gasteiger partial charge is 1.00 e. The van der Waals surface area contributed by atoms with Crippen molar-refractivity contribution >= 4 is 7.92 Å². The topological polar surface area (TPSA) is 9.23 Å². The van der Waals surface area contributed by atoms with E-state index in [0.29, 0.717) is 7.92 Å². The molecule has 1 fully saturated rings. The molecule has 0 spiro atoms. The second-order valence-electron chi connectivity index (χ2n) is 1.92. The first kappa shape index (κ1) is 576. The van der Waals surface area contributed by atoms with Crippen LogP contribution < -0.4 is 509 Å². The van der Waals surface area contributed by atoms with Crippen molar-refractivity contribution < 1.29 is 536 Å². The molecule has 0 aromatic carbocycles. The van der Waals surface area contributed by atoms with Crippen molar-refractivity contribution in [2.45, 2.75) is 0 Å². The van der Waals surface area contributed by atoms with Crippen molar-refractivity contribution in [3.63, 3.8) is 0 Å². The number of rotatable bonds is 0. The molecule has 1 saturated heterocycles. The van der Waals surface area contributed by atoms with Crippen LogP contribution in [0, 0.1) is 0 Å². The quantitative estimate of drug-likeness (QED) is 0.174. The molecule has 380 valence electrons. The molecule has 0 N–H and O–H groups in total. The first-order chi connectivity index (χ1) is 3.39. The molecule has 1 nitrogen and oxygen atoms in total. The van der Waals surface area contributed by atoms with Crippen molar-refractivity contribution in [1.82, 2.24) is 0 Å². The summed E-state index contributed by atoms with van der Waals surface area (Å²) in [5, 5.41) is 0. The van der Waals surface area contributed by atoms with Gasteiger partial charge in [0.15, 0.2) is 0 Å². The Morgan fingerprint density at radius 2 is 0.306 bits per heavy atom. The van der Waals surface area contributed by atoms with E-state index < -0.39 is 0 Å². The van der Waals surface area contributed by atoms with E-state index in [1.807, 2.05) is 0 Å². The second kappa shape index (κ2) is 498.